The summed E-state index contributed by atoms with van der Waals surface area (Å²) < 4.78 is 16.7. The first-order valence-electron chi connectivity index (χ1n) is 12.0. The van der Waals surface area contributed by atoms with Crippen molar-refractivity contribution in [2.75, 3.05) is 13.2 Å². The van der Waals surface area contributed by atoms with Crippen LogP contribution in [0, 0.1) is 0 Å². The van der Waals surface area contributed by atoms with E-state index in [0.717, 1.165) is 37.7 Å². The van der Waals surface area contributed by atoms with Crippen LogP contribution in [0.15, 0.2) is 36.7 Å². The molecular formula is C26H38N2O4. The van der Waals surface area contributed by atoms with Gasteiger partial charge in [-0.2, -0.15) is 0 Å². The number of carbonyl (C=O) groups is 1. The van der Waals surface area contributed by atoms with E-state index in [0.29, 0.717) is 30.5 Å². The van der Waals surface area contributed by atoms with Gasteiger partial charge in [-0.3, -0.25) is 0 Å². The van der Waals surface area contributed by atoms with Crippen molar-refractivity contribution < 1.29 is 19.0 Å². The third-order valence-electron chi connectivity index (χ3n) is 5.17. The molecule has 0 aliphatic rings. The molecule has 1 aromatic carbocycles. The SMILES string of the molecule is CCCCCCCCOC(C)C(=O)Oc1ccc(-c2ncc(OCCCCC)cn2)cc1. The highest BCUT2D eigenvalue weighted by atomic mass is 16.6. The first kappa shape index (κ1) is 25.8. The number of esters is 1. The second-order valence-electron chi connectivity index (χ2n) is 8.02. The largest absolute Gasteiger partial charge is 0.490 e. The van der Waals surface area contributed by atoms with E-state index in [1.54, 1.807) is 31.5 Å². The Bertz CT molecular complexity index is 762. The molecule has 6 nitrogen and oxygen atoms in total. The summed E-state index contributed by atoms with van der Waals surface area (Å²) in [4.78, 5) is 21.0. The molecule has 6 heteroatoms. The lowest BCUT2D eigenvalue weighted by molar-refractivity contribution is -0.146. The molecular weight excluding hydrogens is 404 g/mol. The fraction of sp³-hybridized carbons (Fsp3) is 0.577. The standard InChI is InChI=1S/C26H38N2O4/c1-4-6-8-9-10-12-17-30-21(3)26(29)32-23-15-13-22(14-16-23)25-27-19-24(20-28-25)31-18-11-7-5-2/h13-16,19-21H,4-12,17-18H2,1-3H3. The number of aromatic nitrogens is 2. The monoisotopic (exact) mass is 442 g/mol. The van der Waals surface area contributed by atoms with Crippen molar-refractivity contribution in [1.29, 1.82) is 0 Å². The van der Waals surface area contributed by atoms with Crippen LogP contribution >= 0.6 is 0 Å². The molecule has 0 aliphatic heterocycles. The van der Waals surface area contributed by atoms with Gasteiger partial charge in [0.25, 0.3) is 0 Å². The predicted octanol–water partition coefficient (Wildman–Crippen LogP) is 6.38. The maximum absolute atomic E-state index is 12.3. The van der Waals surface area contributed by atoms with Gasteiger partial charge in [-0.15, -0.1) is 0 Å². The van der Waals surface area contributed by atoms with E-state index in [9.17, 15) is 4.79 Å². The van der Waals surface area contributed by atoms with Crippen LogP contribution < -0.4 is 9.47 Å². The third-order valence-corrected chi connectivity index (χ3v) is 5.17. The highest BCUT2D eigenvalue weighted by Crippen LogP contribution is 2.21. The molecule has 1 aromatic heterocycles. The van der Waals surface area contributed by atoms with E-state index >= 15 is 0 Å². The van der Waals surface area contributed by atoms with Crippen molar-refractivity contribution in [3.8, 4) is 22.9 Å². The van der Waals surface area contributed by atoms with Crippen molar-refractivity contribution in [3.05, 3.63) is 36.7 Å². The van der Waals surface area contributed by atoms with Crippen LogP contribution in [0.4, 0.5) is 0 Å². The number of nitrogens with zero attached hydrogens (tertiary/aromatic N) is 2. The van der Waals surface area contributed by atoms with Crippen molar-refractivity contribution in [2.24, 2.45) is 0 Å². The number of rotatable bonds is 16. The van der Waals surface area contributed by atoms with Crippen molar-refractivity contribution in [2.45, 2.75) is 84.7 Å². The number of unbranched alkanes of at least 4 members (excludes halogenated alkanes) is 7. The van der Waals surface area contributed by atoms with Crippen LogP contribution in [0.1, 0.15) is 78.6 Å². The zero-order valence-electron chi connectivity index (χ0n) is 19.8. The second-order valence-corrected chi connectivity index (χ2v) is 8.02. The van der Waals surface area contributed by atoms with Gasteiger partial charge in [0.05, 0.1) is 19.0 Å². The number of hydrogen-bond donors (Lipinski definition) is 0. The highest BCUT2D eigenvalue weighted by Gasteiger charge is 2.16. The Morgan fingerprint density at radius 2 is 1.41 bits per heavy atom. The molecule has 1 atom stereocenters. The molecule has 0 aliphatic carbocycles. The zero-order chi connectivity index (χ0) is 23.0. The Hall–Kier alpha value is -2.47. The van der Waals surface area contributed by atoms with E-state index in [1.165, 1.54) is 25.7 Å². The molecule has 0 amide bonds. The van der Waals surface area contributed by atoms with E-state index in [2.05, 4.69) is 23.8 Å². The summed E-state index contributed by atoms with van der Waals surface area (Å²) >= 11 is 0. The van der Waals surface area contributed by atoms with Gasteiger partial charge in [-0.1, -0.05) is 58.8 Å². The van der Waals surface area contributed by atoms with E-state index in [1.807, 2.05) is 12.1 Å². The highest BCUT2D eigenvalue weighted by molar-refractivity contribution is 5.77. The molecule has 1 unspecified atom stereocenters. The quantitative estimate of drug-likeness (QED) is 0.171. The molecule has 2 aromatic rings. The Kier molecular flexibility index (Phi) is 12.4. The van der Waals surface area contributed by atoms with Gasteiger partial charge in [0.15, 0.2) is 17.7 Å². The van der Waals surface area contributed by atoms with Crippen LogP contribution in [0.5, 0.6) is 11.5 Å². The molecule has 0 bridgehead atoms. The summed E-state index contributed by atoms with van der Waals surface area (Å²) in [6.45, 7) is 7.36. The summed E-state index contributed by atoms with van der Waals surface area (Å²) in [6.07, 6.45) is 13.3. The Morgan fingerprint density at radius 1 is 0.812 bits per heavy atom. The van der Waals surface area contributed by atoms with E-state index < -0.39 is 6.10 Å². The molecule has 0 fully saturated rings. The van der Waals surface area contributed by atoms with Gasteiger partial charge in [0, 0.05) is 12.2 Å². The zero-order valence-corrected chi connectivity index (χ0v) is 19.8. The maximum Gasteiger partial charge on any atom is 0.340 e. The molecule has 2 rings (SSSR count). The van der Waals surface area contributed by atoms with Gasteiger partial charge in [0.1, 0.15) is 5.75 Å². The van der Waals surface area contributed by atoms with Crippen LogP contribution in [0.2, 0.25) is 0 Å². The molecule has 0 saturated heterocycles. The van der Waals surface area contributed by atoms with Crippen molar-refractivity contribution in [3.63, 3.8) is 0 Å². The molecule has 0 saturated carbocycles. The normalized spacial score (nSPS) is 11.8. The van der Waals surface area contributed by atoms with Gasteiger partial charge in [-0.25, -0.2) is 14.8 Å². The summed E-state index contributed by atoms with van der Waals surface area (Å²) in [5.74, 6) is 1.36. The lowest BCUT2D eigenvalue weighted by Crippen LogP contribution is -2.26. The number of carbonyl (C=O) groups excluding carboxylic acids is 1. The third kappa shape index (κ3) is 9.77. The topological polar surface area (TPSA) is 70.5 Å². The van der Waals surface area contributed by atoms with Crippen LogP contribution in [0.25, 0.3) is 11.4 Å². The average Bonchev–Trinajstić information content (AvgIpc) is 2.82. The van der Waals surface area contributed by atoms with E-state index in [-0.39, 0.29) is 5.97 Å². The predicted molar refractivity (Wildman–Crippen MR) is 127 cm³/mol. The molecule has 0 radical (unpaired) electrons. The average molecular weight is 443 g/mol. The number of benzene rings is 1. The molecule has 1 heterocycles. The van der Waals surface area contributed by atoms with Gasteiger partial charge in [0.2, 0.25) is 0 Å². The first-order chi connectivity index (χ1) is 15.6. The first-order valence-corrected chi connectivity index (χ1v) is 12.0. The van der Waals surface area contributed by atoms with Crippen molar-refractivity contribution in [1.82, 2.24) is 9.97 Å². The Labute approximate surface area is 192 Å². The lowest BCUT2D eigenvalue weighted by atomic mass is 10.1. The van der Waals surface area contributed by atoms with Gasteiger partial charge >= 0.3 is 5.97 Å². The number of ether oxygens (including phenoxy) is 3. The maximum atomic E-state index is 12.3. The minimum Gasteiger partial charge on any atom is -0.490 e. The van der Waals surface area contributed by atoms with Gasteiger partial charge in [-0.05, 0) is 44.0 Å². The van der Waals surface area contributed by atoms with Crippen LogP contribution in [0.3, 0.4) is 0 Å². The summed E-state index contributed by atoms with van der Waals surface area (Å²) in [5, 5.41) is 0. The minimum absolute atomic E-state index is 0.385. The Morgan fingerprint density at radius 3 is 2.09 bits per heavy atom. The summed E-state index contributed by atoms with van der Waals surface area (Å²) in [6, 6.07) is 7.15. The molecule has 32 heavy (non-hydrogen) atoms. The molecule has 176 valence electrons. The van der Waals surface area contributed by atoms with E-state index in [4.69, 9.17) is 14.2 Å². The van der Waals surface area contributed by atoms with Gasteiger partial charge < -0.3 is 14.2 Å². The lowest BCUT2D eigenvalue weighted by Gasteiger charge is -2.12. The fourth-order valence-electron chi connectivity index (χ4n) is 3.16. The molecule has 0 N–H and O–H groups in total. The minimum atomic E-state index is -0.585. The van der Waals surface area contributed by atoms with Crippen LogP contribution in [-0.2, 0) is 9.53 Å². The molecule has 0 spiro atoms. The summed E-state index contributed by atoms with van der Waals surface area (Å²) in [5.41, 5.74) is 0.842. The van der Waals surface area contributed by atoms with Crippen molar-refractivity contribution >= 4 is 5.97 Å². The fourth-order valence-corrected chi connectivity index (χ4v) is 3.16. The summed E-state index contributed by atoms with van der Waals surface area (Å²) in [7, 11) is 0. The Balaban J connectivity index is 1.74. The van der Waals surface area contributed by atoms with Crippen LogP contribution in [-0.4, -0.2) is 35.3 Å². The second kappa shape index (κ2) is 15.4. The smallest absolute Gasteiger partial charge is 0.340 e. The number of hydrogen-bond acceptors (Lipinski definition) is 6.